The van der Waals surface area contributed by atoms with Crippen molar-refractivity contribution in [2.24, 2.45) is 5.92 Å². The van der Waals surface area contributed by atoms with Crippen molar-refractivity contribution in [3.05, 3.63) is 29.3 Å². The number of nitrogens with zero attached hydrogens (tertiary/aromatic N) is 1. The van der Waals surface area contributed by atoms with E-state index in [1.54, 1.807) is 24.3 Å². The summed E-state index contributed by atoms with van der Waals surface area (Å²) in [4.78, 5) is 3.48. The van der Waals surface area contributed by atoms with Crippen LogP contribution in [0.3, 0.4) is 0 Å². The van der Waals surface area contributed by atoms with Gasteiger partial charge in [-0.15, -0.1) is 11.3 Å². The van der Waals surface area contributed by atoms with Gasteiger partial charge in [-0.2, -0.15) is 13.2 Å². The van der Waals surface area contributed by atoms with E-state index in [0.717, 1.165) is 5.92 Å². The second-order valence-electron chi connectivity index (χ2n) is 4.34. The lowest BCUT2D eigenvalue weighted by Crippen LogP contribution is -2.03. The van der Waals surface area contributed by atoms with E-state index in [0.29, 0.717) is 21.6 Å². The molecule has 0 radical (unpaired) electrons. The molecule has 1 aromatic heterocycles. The van der Waals surface area contributed by atoms with Gasteiger partial charge in [-0.1, -0.05) is 38.3 Å². The number of hydrogen-bond donors (Lipinski definition) is 0. The molecule has 0 bridgehead atoms. The SMILES string of the molecule is CCC1CC1.FC(F)(F)c1nc2ccccc2s1. The Morgan fingerprint density at radius 3 is 2.39 bits per heavy atom. The minimum absolute atomic E-state index is 0.403. The van der Waals surface area contributed by atoms with Gasteiger partial charge < -0.3 is 0 Å². The number of benzene rings is 1. The summed E-state index contributed by atoms with van der Waals surface area (Å²) in [6.45, 7) is 2.26. The highest BCUT2D eigenvalue weighted by Gasteiger charge is 2.34. The third-order valence-corrected chi connectivity index (χ3v) is 3.89. The minimum Gasteiger partial charge on any atom is -0.232 e. The topological polar surface area (TPSA) is 12.9 Å². The number of thiazole rings is 1. The molecule has 1 heterocycles. The smallest absolute Gasteiger partial charge is 0.232 e. The lowest BCUT2D eigenvalue weighted by molar-refractivity contribution is -0.137. The van der Waals surface area contributed by atoms with Crippen molar-refractivity contribution in [1.29, 1.82) is 0 Å². The third-order valence-electron chi connectivity index (χ3n) is 2.81. The van der Waals surface area contributed by atoms with Gasteiger partial charge in [0.1, 0.15) is 0 Å². The Bertz CT molecular complexity index is 481. The first-order valence-electron chi connectivity index (χ1n) is 5.93. The fraction of sp³-hybridized carbons (Fsp3) is 0.462. The lowest BCUT2D eigenvalue weighted by atomic mass is 10.3. The van der Waals surface area contributed by atoms with Gasteiger partial charge in [0.05, 0.1) is 10.2 Å². The van der Waals surface area contributed by atoms with Gasteiger partial charge in [0, 0.05) is 0 Å². The van der Waals surface area contributed by atoms with Crippen molar-refractivity contribution in [3.8, 4) is 0 Å². The summed E-state index contributed by atoms with van der Waals surface area (Å²) >= 11 is 0.668. The quantitative estimate of drug-likeness (QED) is 0.702. The number of hydrogen-bond acceptors (Lipinski definition) is 2. The van der Waals surface area contributed by atoms with Gasteiger partial charge in [0.25, 0.3) is 0 Å². The summed E-state index contributed by atoms with van der Waals surface area (Å²) in [5.41, 5.74) is 0.403. The first-order chi connectivity index (χ1) is 8.50. The molecule has 5 heteroatoms. The van der Waals surface area contributed by atoms with Gasteiger partial charge in [-0.25, -0.2) is 4.98 Å². The summed E-state index contributed by atoms with van der Waals surface area (Å²) in [5.74, 6) is 1.13. The molecule has 0 atom stereocenters. The van der Waals surface area contributed by atoms with Gasteiger partial charge in [-0.05, 0) is 18.1 Å². The molecular weight excluding hydrogens is 259 g/mol. The molecule has 1 aliphatic rings. The maximum Gasteiger partial charge on any atom is 0.443 e. The highest BCUT2D eigenvalue weighted by atomic mass is 32.1. The molecule has 0 saturated heterocycles. The Hall–Kier alpha value is -1.10. The van der Waals surface area contributed by atoms with E-state index in [2.05, 4.69) is 11.9 Å². The van der Waals surface area contributed by atoms with Crippen molar-refractivity contribution in [2.45, 2.75) is 32.4 Å². The van der Waals surface area contributed by atoms with Crippen molar-refractivity contribution in [2.75, 3.05) is 0 Å². The van der Waals surface area contributed by atoms with E-state index in [1.807, 2.05) is 0 Å². The van der Waals surface area contributed by atoms with Gasteiger partial charge in [-0.3, -0.25) is 0 Å². The largest absolute Gasteiger partial charge is 0.443 e. The first-order valence-corrected chi connectivity index (χ1v) is 6.75. The van der Waals surface area contributed by atoms with Crippen molar-refractivity contribution in [3.63, 3.8) is 0 Å². The summed E-state index contributed by atoms with van der Waals surface area (Å²) in [7, 11) is 0. The Labute approximate surface area is 108 Å². The molecule has 1 fully saturated rings. The van der Waals surface area contributed by atoms with E-state index in [4.69, 9.17) is 0 Å². The molecule has 0 spiro atoms. The van der Waals surface area contributed by atoms with Crippen LogP contribution in [0, 0.1) is 5.92 Å². The monoisotopic (exact) mass is 273 g/mol. The molecule has 0 N–H and O–H groups in total. The predicted octanol–water partition coefficient (Wildman–Crippen LogP) is 5.12. The molecule has 98 valence electrons. The minimum atomic E-state index is -4.33. The lowest BCUT2D eigenvalue weighted by Gasteiger charge is -1.98. The van der Waals surface area contributed by atoms with Crippen LogP contribution in [0.5, 0.6) is 0 Å². The second-order valence-corrected chi connectivity index (χ2v) is 5.37. The van der Waals surface area contributed by atoms with Crippen LogP contribution in [0.4, 0.5) is 13.2 Å². The molecule has 3 rings (SSSR count). The molecule has 2 aromatic rings. The number of rotatable bonds is 1. The van der Waals surface area contributed by atoms with Crippen LogP contribution in [0.2, 0.25) is 0 Å². The molecule has 0 amide bonds. The molecule has 18 heavy (non-hydrogen) atoms. The Morgan fingerprint density at radius 1 is 1.28 bits per heavy atom. The zero-order valence-corrected chi connectivity index (χ0v) is 10.8. The summed E-state index contributed by atoms with van der Waals surface area (Å²) in [6.07, 6.45) is 0.108. The highest BCUT2D eigenvalue weighted by molar-refractivity contribution is 7.18. The highest BCUT2D eigenvalue weighted by Crippen LogP contribution is 2.35. The summed E-state index contributed by atoms with van der Waals surface area (Å²) in [6, 6.07) is 6.56. The average Bonchev–Trinajstić information content (AvgIpc) is 3.06. The van der Waals surface area contributed by atoms with Crippen LogP contribution in [-0.4, -0.2) is 4.98 Å². The Morgan fingerprint density at radius 2 is 1.94 bits per heavy atom. The third kappa shape index (κ3) is 3.45. The van der Waals surface area contributed by atoms with Crippen molar-refractivity contribution < 1.29 is 13.2 Å². The maximum absolute atomic E-state index is 12.2. The molecule has 0 unspecified atom stereocenters. The van der Waals surface area contributed by atoms with Crippen LogP contribution in [0.25, 0.3) is 10.2 Å². The van der Waals surface area contributed by atoms with E-state index in [9.17, 15) is 13.2 Å². The molecule has 1 aliphatic carbocycles. The van der Waals surface area contributed by atoms with Gasteiger partial charge in [0.15, 0.2) is 5.01 Å². The van der Waals surface area contributed by atoms with Crippen LogP contribution < -0.4 is 0 Å². The van der Waals surface area contributed by atoms with E-state index < -0.39 is 11.2 Å². The molecule has 0 aliphatic heterocycles. The predicted molar refractivity (Wildman–Crippen MR) is 67.6 cm³/mol. The van der Waals surface area contributed by atoms with Crippen LogP contribution in [0.1, 0.15) is 31.2 Å². The van der Waals surface area contributed by atoms with E-state index in [-0.39, 0.29) is 0 Å². The summed E-state index contributed by atoms with van der Waals surface area (Å²) < 4.78 is 37.1. The fourth-order valence-electron chi connectivity index (χ4n) is 1.52. The van der Waals surface area contributed by atoms with E-state index in [1.165, 1.54) is 19.3 Å². The van der Waals surface area contributed by atoms with Crippen molar-refractivity contribution >= 4 is 21.6 Å². The number of alkyl halides is 3. The van der Waals surface area contributed by atoms with Gasteiger partial charge >= 0.3 is 6.18 Å². The molecular formula is C13H14F3NS. The average molecular weight is 273 g/mol. The fourth-order valence-corrected chi connectivity index (χ4v) is 2.35. The molecule has 1 nitrogen and oxygen atoms in total. The normalized spacial score (nSPS) is 15.3. The van der Waals surface area contributed by atoms with Gasteiger partial charge in [0.2, 0.25) is 0 Å². The van der Waals surface area contributed by atoms with Crippen LogP contribution in [0.15, 0.2) is 24.3 Å². The van der Waals surface area contributed by atoms with Crippen LogP contribution in [-0.2, 0) is 6.18 Å². The van der Waals surface area contributed by atoms with Crippen molar-refractivity contribution in [1.82, 2.24) is 4.98 Å². The second kappa shape index (κ2) is 5.26. The molecule has 1 aromatic carbocycles. The standard InChI is InChI=1S/C8H4F3NS.C5H10/c9-8(10,11)7-12-5-3-1-2-4-6(5)13-7;1-2-5-3-4-5/h1-4H;5H,2-4H2,1H3. The van der Waals surface area contributed by atoms with Crippen LogP contribution >= 0.6 is 11.3 Å². The maximum atomic E-state index is 12.2. The Kier molecular flexibility index (Phi) is 3.90. The Balaban J connectivity index is 0.000000202. The van der Waals surface area contributed by atoms with E-state index >= 15 is 0 Å². The number of para-hydroxylation sites is 1. The number of aromatic nitrogens is 1. The first kappa shape index (κ1) is 13.3. The number of fused-ring (bicyclic) bond motifs is 1. The molecule has 1 saturated carbocycles. The summed E-state index contributed by atoms with van der Waals surface area (Å²) in [5, 5.41) is -0.784. The zero-order valence-electron chi connectivity index (χ0n) is 10.00. The number of halogens is 3. The zero-order chi connectivity index (χ0) is 13.2.